The highest BCUT2D eigenvalue weighted by molar-refractivity contribution is 5.86. The van der Waals surface area contributed by atoms with Gasteiger partial charge in [0.2, 0.25) is 0 Å². The third-order valence-electron chi connectivity index (χ3n) is 2.75. The summed E-state index contributed by atoms with van der Waals surface area (Å²) in [7, 11) is 0. The van der Waals surface area contributed by atoms with Gasteiger partial charge in [-0.15, -0.1) is 0 Å². The SMILES string of the molecule is Cc1ccc(C)c(Nc2ccccc2C=O)c1. The minimum Gasteiger partial charge on any atom is -0.355 e. The summed E-state index contributed by atoms with van der Waals surface area (Å²) in [6.45, 7) is 4.10. The van der Waals surface area contributed by atoms with Gasteiger partial charge >= 0.3 is 0 Å². The molecular weight excluding hydrogens is 210 g/mol. The van der Waals surface area contributed by atoms with Crippen LogP contribution < -0.4 is 5.32 Å². The lowest BCUT2D eigenvalue weighted by Gasteiger charge is -2.12. The van der Waals surface area contributed by atoms with E-state index in [0.717, 1.165) is 23.2 Å². The van der Waals surface area contributed by atoms with Gasteiger partial charge in [-0.3, -0.25) is 4.79 Å². The van der Waals surface area contributed by atoms with Gasteiger partial charge in [0.05, 0.1) is 0 Å². The zero-order chi connectivity index (χ0) is 12.3. The molecule has 2 rings (SSSR count). The van der Waals surface area contributed by atoms with E-state index in [0.29, 0.717) is 5.56 Å². The van der Waals surface area contributed by atoms with E-state index in [1.165, 1.54) is 5.56 Å². The largest absolute Gasteiger partial charge is 0.355 e. The molecule has 0 aliphatic carbocycles. The van der Waals surface area contributed by atoms with Crippen LogP contribution in [0.2, 0.25) is 0 Å². The number of para-hydroxylation sites is 1. The van der Waals surface area contributed by atoms with Gasteiger partial charge in [-0.1, -0.05) is 24.3 Å². The Labute approximate surface area is 101 Å². The van der Waals surface area contributed by atoms with Crippen molar-refractivity contribution in [2.75, 3.05) is 5.32 Å². The van der Waals surface area contributed by atoms with Crippen LogP contribution in [0.3, 0.4) is 0 Å². The van der Waals surface area contributed by atoms with E-state index >= 15 is 0 Å². The van der Waals surface area contributed by atoms with Gasteiger partial charge in [0.15, 0.2) is 6.29 Å². The molecule has 0 spiro atoms. The highest BCUT2D eigenvalue weighted by atomic mass is 16.1. The third kappa shape index (κ3) is 2.53. The predicted molar refractivity (Wildman–Crippen MR) is 71.0 cm³/mol. The first-order valence-corrected chi connectivity index (χ1v) is 5.59. The van der Waals surface area contributed by atoms with Crippen molar-refractivity contribution in [2.45, 2.75) is 13.8 Å². The quantitative estimate of drug-likeness (QED) is 0.804. The molecule has 2 heteroatoms. The maximum Gasteiger partial charge on any atom is 0.152 e. The second-order valence-electron chi connectivity index (χ2n) is 4.15. The van der Waals surface area contributed by atoms with Gasteiger partial charge in [-0.2, -0.15) is 0 Å². The average Bonchev–Trinajstić information content (AvgIpc) is 2.34. The van der Waals surface area contributed by atoms with Crippen molar-refractivity contribution >= 4 is 17.7 Å². The highest BCUT2D eigenvalue weighted by Crippen LogP contribution is 2.23. The Hall–Kier alpha value is -2.09. The number of nitrogens with one attached hydrogen (secondary N) is 1. The Bertz CT molecular complexity index is 546. The van der Waals surface area contributed by atoms with Crippen molar-refractivity contribution in [1.29, 1.82) is 0 Å². The number of carbonyl (C=O) groups excluding carboxylic acids is 1. The molecule has 2 aromatic rings. The number of rotatable bonds is 3. The number of hydrogen-bond donors (Lipinski definition) is 1. The number of hydrogen-bond acceptors (Lipinski definition) is 2. The minimum atomic E-state index is 0.674. The Morgan fingerprint density at radius 1 is 1.00 bits per heavy atom. The van der Waals surface area contributed by atoms with E-state index in [-0.39, 0.29) is 0 Å². The standard InChI is InChI=1S/C15H15NO/c1-11-7-8-12(2)15(9-11)16-14-6-4-3-5-13(14)10-17/h3-10,16H,1-2H3. The van der Waals surface area contributed by atoms with E-state index in [2.05, 4.69) is 30.4 Å². The zero-order valence-corrected chi connectivity index (χ0v) is 10.0. The van der Waals surface area contributed by atoms with Crippen LogP contribution in [-0.4, -0.2) is 6.29 Å². The molecule has 0 atom stereocenters. The molecule has 2 nitrogen and oxygen atoms in total. The van der Waals surface area contributed by atoms with E-state index in [9.17, 15) is 4.79 Å². The molecule has 0 saturated carbocycles. The van der Waals surface area contributed by atoms with Crippen LogP contribution in [0.4, 0.5) is 11.4 Å². The summed E-state index contributed by atoms with van der Waals surface area (Å²) in [4.78, 5) is 10.9. The van der Waals surface area contributed by atoms with E-state index in [4.69, 9.17) is 0 Å². The van der Waals surface area contributed by atoms with Crippen LogP contribution >= 0.6 is 0 Å². The van der Waals surface area contributed by atoms with Crippen LogP contribution in [0, 0.1) is 13.8 Å². The van der Waals surface area contributed by atoms with Crippen LogP contribution in [0.25, 0.3) is 0 Å². The number of benzene rings is 2. The van der Waals surface area contributed by atoms with Crippen LogP contribution in [-0.2, 0) is 0 Å². The Morgan fingerprint density at radius 2 is 1.76 bits per heavy atom. The van der Waals surface area contributed by atoms with E-state index in [1.807, 2.05) is 25.1 Å². The summed E-state index contributed by atoms with van der Waals surface area (Å²) >= 11 is 0. The number of anilines is 2. The molecule has 0 aliphatic heterocycles. The average molecular weight is 225 g/mol. The normalized spacial score (nSPS) is 10.0. The Morgan fingerprint density at radius 3 is 2.53 bits per heavy atom. The number of aryl methyl sites for hydroxylation is 2. The summed E-state index contributed by atoms with van der Waals surface area (Å²) in [5, 5.41) is 3.30. The highest BCUT2D eigenvalue weighted by Gasteiger charge is 2.03. The molecule has 0 bridgehead atoms. The lowest BCUT2D eigenvalue weighted by Crippen LogP contribution is -1.97. The Balaban J connectivity index is 2.37. The maximum absolute atomic E-state index is 10.9. The minimum absolute atomic E-state index is 0.674. The fraction of sp³-hybridized carbons (Fsp3) is 0.133. The molecule has 0 fully saturated rings. The number of aldehydes is 1. The van der Waals surface area contributed by atoms with Gasteiger partial charge in [0.25, 0.3) is 0 Å². The smallest absolute Gasteiger partial charge is 0.152 e. The van der Waals surface area contributed by atoms with Gasteiger partial charge < -0.3 is 5.32 Å². The second-order valence-corrected chi connectivity index (χ2v) is 4.15. The molecule has 0 saturated heterocycles. The molecule has 17 heavy (non-hydrogen) atoms. The molecule has 2 aromatic carbocycles. The van der Waals surface area contributed by atoms with Crippen molar-refractivity contribution < 1.29 is 4.79 Å². The molecule has 0 aliphatic rings. The van der Waals surface area contributed by atoms with Gasteiger partial charge in [0.1, 0.15) is 0 Å². The van der Waals surface area contributed by atoms with Gasteiger partial charge in [0, 0.05) is 16.9 Å². The van der Waals surface area contributed by atoms with Crippen LogP contribution in [0.1, 0.15) is 21.5 Å². The fourth-order valence-corrected chi connectivity index (χ4v) is 1.73. The first-order chi connectivity index (χ1) is 8.20. The molecule has 0 radical (unpaired) electrons. The van der Waals surface area contributed by atoms with E-state index < -0.39 is 0 Å². The van der Waals surface area contributed by atoms with Gasteiger partial charge in [-0.05, 0) is 43.2 Å². The van der Waals surface area contributed by atoms with Crippen molar-refractivity contribution in [1.82, 2.24) is 0 Å². The van der Waals surface area contributed by atoms with Crippen molar-refractivity contribution in [3.8, 4) is 0 Å². The summed E-state index contributed by atoms with van der Waals surface area (Å²) in [6.07, 6.45) is 0.869. The Kier molecular flexibility index (Phi) is 3.24. The molecule has 0 unspecified atom stereocenters. The molecule has 0 amide bonds. The van der Waals surface area contributed by atoms with Gasteiger partial charge in [-0.25, -0.2) is 0 Å². The molecule has 0 heterocycles. The molecule has 0 aromatic heterocycles. The fourth-order valence-electron chi connectivity index (χ4n) is 1.73. The molecule has 86 valence electrons. The van der Waals surface area contributed by atoms with Crippen molar-refractivity contribution in [3.05, 3.63) is 59.2 Å². The third-order valence-corrected chi connectivity index (χ3v) is 2.75. The summed E-state index contributed by atoms with van der Waals surface area (Å²) in [6, 6.07) is 13.7. The molecule has 1 N–H and O–H groups in total. The van der Waals surface area contributed by atoms with E-state index in [1.54, 1.807) is 6.07 Å². The predicted octanol–water partition coefficient (Wildman–Crippen LogP) is 3.86. The lowest BCUT2D eigenvalue weighted by atomic mass is 10.1. The maximum atomic E-state index is 10.9. The van der Waals surface area contributed by atoms with Crippen molar-refractivity contribution in [3.63, 3.8) is 0 Å². The van der Waals surface area contributed by atoms with Crippen LogP contribution in [0.5, 0.6) is 0 Å². The van der Waals surface area contributed by atoms with Crippen LogP contribution in [0.15, 0.2) is 42.5 Å². The second kappa shape index (κ2) is 4.83. The zero-order valence-electron chi connectivity index (χ0n) is 10.0. The first kappa shape index (κ1) is 11.4. The summed E-state index contributed by atoms with van der Waals surface area (Å²) in [5.74, 6) is 0. The number of carbonyl (C=O) groups is 1. The summed E-state index contributed by atoms with van der Waals surface area (Å²) < 4.78 is 0. The molecular formula is C15H15NO. The topological polar surface area (TPSA) is 29.1 Å². The lowest BCUT2D eigenvalue weighted by molar-refractivity contribution is 0.112. The monoisotopic (exact) mass is 225 g/mol. The first-order valence-electron chi connectivity index (χ1n) is 5.59. The van der Waals surface area contributed by atoms with Crippen molar-refractivity contribution in [2.24, 2.45) is 0 Å². The summed E-state index contributed by atoms with van der Waals surface area (Å²) in [5.41, 5.74) is 4.92.